The number of rotatable bonds is 2. The van der Waals surface area contributed by atoms with E-state index in [1.165, 1.54) is 42.3 Å². The summed E-state index contributed by atoms with van der Waals surface area (Å²) in [5, 5.41) is 4.02. The summed E-state index contributed by atoms with van der Waals surface area (Å²) in [7, 11) is 0. The van der Waals surface area contributed by atoms with E-state index in [4.69, 9.17) is 0 Å². The molecule has 21 heavy (non-hydrogen) atoms. The highest BCUT2D eigenvalue weighted by molar-refractivity contribution is 9.11. The van der Waals surface area contributed by atoms with E-state index in [9.17, 15) is 0 Å². The summed E-state index contributed by atoms with van der Waals surface area (Å²) in [5.74, 6) is 0. The Kier molecular flexibility index (Phi) is 4.31. The van der Waals surface area contributed by atoms with Gasteiger partial charge >= 0.3 is 0 Å². The molecule has 1 heterocycles. The van der Waals surface area contributed by atoms with E-state index in [1.807, 2.05) is 11.3 Å². The molecule has 0 amide bonds. The van der Waals surface area contributed by atoms with Gasteiger partial charge < -0.3 is 5.32 Å². The van der Waals surface area contributed by atoms with Crippen molar-refractivity contribution < 1.29 is 0 Å². The fraction of sp³-hybridized carbons (Fsp3) is 0.778. The Balaban J connectivity index is 1.75. The van der Waals surface area contributed by atoms with Gasteiger partial charge in [0.15, 0.2) is 0 Å². The molecule has 1 fully saturated rings. The molecule has 1 atom stereocenters. The lowest BCUT2D eigenvalue weighted by Crippen LogP contribution is -2.45. The molecule has 1 nitrogen and oxygen atoms in total. The Morgan fingerprint density at radius 3 is 2.52 bits per heavy atom. The normalized spacial score (nSPS) is 28.3. The van der Waals surface area contributed by atoms with Crippen LogP contribution in [0.1, 0.15) is 76.3 Å². The van der Waals surface area contributed by atoms with Gasteiger partial charge in [0.1, 0.15) is 0 Å². The van der Waals surface area contributed by atoms with E-state index in [0.29, 0.717) is 22.9 Å². The number of halogens is 1. The molecule has 1 unspecified atom stereocenters. The number of aryl methyl sites for hydroxylation is 1. The molecule has 1 N–H and O–H groups in total. The zero-order valence-corrected chi connectivity index (χ0v) is 16.2. The highest BCUT2D eigenvalue weighted by Crippen LogP contribution is 2.47. The lowest BCUT2D eigenvalue weighted by molar-refractivity contribution is 0.0791. The van der Waals surface area contributed by atoms with Crippen LogP contribution in [0.4, 0.5) is 0 Å². The number of hydrogen-bond acceptors (Lipinski definition) is 2. The molecule has 0 bridgehead atoms. The minimum atomic E-state index is 0.464. The molecule has 118 valence electrons. The standard InChI is InChI=1S/C18H28BrNS/c1-17(2)9-12(10-18(3,4)11-17)20-14-6-5-7-15-13(14)8-16(19)21-15/h8,12,14,20H,5-7,9-11H2,1-4H3. The van der Waals surface area contributed by atoms with Crippen molar-refractivity contribution in [2.45, 2.75) is 78.3 Å². The Bertz CT molecular complexity index is 501. The molecular formula is C18H28BrNS. The van der Waals surface area contributed by atoms with Crippen LogP contribution in [0.25, 0.3) is 0 Å². The molecule has 1 saturated carbocycles. The summed E-state index contributed by atoms with van der Waals surface area (Å²) in [6.07, 6.45) is 7.87. The van der Waals surface area contributed by atoms with Crippen LogP contribution in [0.5, 0.6) is 0 Å². The van der Waals surface area contributed by atoms with Crippen LogP contribution in [-0.4, -0.2) is 6.04 Å². The fourth-order valence-electron chi connectivity index (χ4n) is 4.94. The van der Waals surface area contributed by atoms with Crippen molar-refractivity contribution in [3.8, 4) is 0 Å². The first kappa shape index (κ1) is 16.0. The predicted molar refractivity (Wildman–Crippen MR) is 96.0 cm³/mol. The van der Waals surface area contributed by atoms with Crippen molar-refractivity contribution in [2.75, 3.05) is 0 Å². The molecule has 0 saturated heterocycles. The van der Waals surface area contributed by atoms with Gasteiger partial charge in [0.2, 0.25) is 0 Å². The lowest BCUT2D eigenvalue weighted by Gasteiger charge is -2.46. The number of nitrogens with one attached hydrogen (secondary N) is 1. The van der Waals surface area contributed by atoms with Crippen LogP contribution < -0.4 is 5.32 Å². The van der Waals surface area contributed by atoms with E-state index < -0.39 is 0 Å². The second kappa shape index (κ2) is 5.65. The maximum absolute atomic E-state index is 4.02. The summed E-state index contributed by atoms with van der Waals surface area (Å²) in [6.45, 7) is 9.76. The molecule has 0 spiro atoms. The lowest BCUT2D eigenvalue weighted by atomic mass is 9.63. The maximum atomic E-state index is 4.02. The average molecular weight is 370 g/mol. The molecule has 0 aromatic carbocycles. The summed E-state index contributed by atoms with van der Waals surface area (Å²) in [4.78, 5) is 1.60. The zero-order chi connectivity index (χ0) is 15.3. The smallest absolute Gasteiger partial charge is 0.0704 e. The SMILES string of the molecule is CC1(C)CC(NC2CCCc3sc(Br)cc32)CC(C)(C)C1. The largest absolute Gasteiger partial charge is 0.307 e. The molecule has 2 aliphatic rings. The van der Waals surface area contributed by atoms with Crippen LogP contribution in [0.3, 0.4) is 0 Å². The Labute approximate surface area is 142 Å². The van der Waals surface area contributed by atoms with Crippen molar-refractivity contribution in [3.63, 3.8) is 0 Å². The second-order valence-electron chi connectivity index (χ2n) is 8.65. The van der Waals surface area contributed by atoms with Gasteiger partial charge in [-0.25, -0.2) is 0 Å². The summed E-state index contributed by atoms with van der Waals surface area (Å²) >= 11 is 5.60. The van der Waals surface area contributed by atoms with Crippen molar-refractivity contribution >= 4 is 27.3 Å². The van der Waals surface area contributed by atoms with Crippen LogP contribution in [0, 0.1) is 10.8 Å². The minimum Gasteiger partial charge on any atom is -0.307 e. The first-order valence-electron chi connectivity index (χ1n) is 8.28. The van der Waals surface area contributed by atoms with Gasteiger partial charge in [-0.05, 0) is 76.9 Å². The number of hydrogen-bond donors (Lipinski definition) is 1. The summed E-state index contributed by atoms with van der Waals surface area (Å²) in [6, 6.07) is 3.60. The molecule has 3 heteroatoms. The Morgan fingerprint density at radius 1 is 1.19 bits per heavy atom. The summed E-state index contributed by atoms with van der Waals surface area (Å²) < 4.78 is 1.30. The molecule has 0 radical (unpaired) electrons. The topological polar surface area (TPSA) is 12.0 Å². The Hall–Kier alpha value is 0.140. The van der Waals surface area contributed by atoms with Gasteiger partial charge in [0, 0.05) is 17.0 Å². The van der Waals surface area contributed by atoms with Crippen LogP contribution in [0.15, 0.2) is 9.85 Å². The van der Waals surface area contributed by atoms with E-state index in [2.05, 4.69) is 55.0 Å². The van der Waals surface area contributed by atoms with Crippen molar-refractivity contribution in [1.29, 1.82) is 0 Å². The van der Waals surface area contributed by atoms with E-state index >= 15 is 0 Å². The van der Waals surface area contributed by atoms with E-state index in [-0.39, 0.29) is 0 Å². The monoisotopic (exact) mass is 369 g/mol. The molecule has 2 aliphatic carbocycles. The highest BCUT2D eigenvalue weighted by Gasteiger charge is 2.39. The maximum Gasteiger partial charge on any atom is 0.0704 e. The molecule has 1 aromatic rings. The zero-order valence-electron chi connectivity index (χ0n) is 13.8. The van der Waals surface area contributed by atoms with Crippen molar-refractivity contribution in [3.05, 3.63) is 20.3 Å². The predicted octanol–water partition coefficient (Wildman–Crippen LogP) is 6.08. The average Bonchev–Trinajstić information content (AvgIpc) is 2.66. The second-order valence-corrected chi connectivity index (χ2v) is 11.2. The third kappa shape index (κ3) is 3.73. The van der Waals surface area contributed by atoms with E-state index in [1.54, 1.807) is 10.4 Å². The van der Waals surface area contributed by atoms with Gasteiger partial charge in [-0.2, -0.15) is 0 Å². The van der Waals surface area contributed by atoms with Crippen LogP contribution in [0.2, 0.25) is 0 Å². The molecular weight excluding hydrogens is 342 g/mol. The van der Waals surface area contributed by atoms with Gasteiger partial charge in [-0.1, -0.05) is 27.7 Å². The third-order valence-corrected chi connectivity index (χ3v) is 6.79. The van der Waals surface area contributed by atoms with Gasteiger partial charge in [0.25, 0.3) is 0 Å². The first-order valence-corrected chi connectivity index (χ1v) is 9.89. The molecule has 1 aromatic heterocycles. The molecule has 3 rings (SSSR count). The third-order valence-electron chi connectivity index (χ3n) is 5.08. The Morgan fingerprint density at radius 2 is 1.86 bits per heavy atom. The van der Waals surface area contributed by atoms with Crippen molar-refractivity contribution in [2.24, 2.45) is 10.8 Å². The minimum absolute atomic E-state index is 0.464. The quantitative estimate of drug-likeness (QED) is 0.665. The first-order chi connectivity index (χ1) is 9.74. The highest BCUT2D eigenvalue weighted by atomic mass is 79.9. The van der Waals surface area contributed by atoms with Crippen LogP contribution in [-0.2, 0) is 6.42 Å². The van der Waals surface area contributed by atoms with Gasteiger partial charge in [-0.3, -0.25) is 0 Å². The van der Waals surface area contributed by atoms with E-state index in [0.717, 1.165) is 0 Å². The van der Waals surface area contributed by atoms with Gasteiger partial charge in [0.05, 0.1) is 3.79 Å². The van der Waals surface area contributed by atoms with Gasteiger partial charge in [-0.15, -0.1) is 11.3 Å². The van der Waals surface area contributed by atoms with Crippen molar-refractivity contribution in [1.82, 2.24) is 5.32 Å². The summed E-state index contributed by atoms with van der Waals surface area (Å²) in [5.41, 5.74) is 2.50. The van der Waals surface area contributed by atoms with Crippen LogP contribution >= 0.6 is 27.3 Å². The number of thiophene rings is 1. The molecule has 0 aliphatic heterocycles. The fourth-order valence-corrected chi connectivity index (χ4v) is 6.76. The number of fused-ring (bicyclic) bond motifs is 1.